The highest BCUT2D eigenvalue weighted by Gasteiger charge is 2.34. The van der Waals surface area contributed by atoms with Gasteiger partial charge in [0.25, 0.3) is 0 Å². The van der Waals surface area contributed by atoms with E-state index in [2.05, 4.69) is 0 Å². The van der Waals surface area contributed by atoms with Crippen LogP contribution in [0.25, 0.3) is 49.4 Å². The van der Waals surface area contributed by atoms with Crippen molar-refractivity contribution >= 4 is 32.6 Å². The molecule has 6 aromatic carbocycles. The number of ether oxygens (including phenoxy) is 1. The molecule has 0 saturated heterocycles. The van der Waals surface area contributed by atoms with Crippen molar-refractivity contribution in [1.29, 1.82) is 0 Å². The normalized spacial score (nSPS) is 24.3. The molecule has 186 valence electrons. The van der Waals surface area contributed by atoms with Crippen LogP contribution in [-0.4, -0.2) is 4.57 Å². The zero-order valence-electron chi connectivity index (χ0n) is 46.4. The van der Waals surface area contributed by atoms with Gasteiger partial charge in [0.2, 0.25) is 0 Å². The van der Waals surface area contributed by atoms with Crippen LogP contribution >= 0.6 is 0 Å². The number of para-hydroxylation sites is 2. The number of hydrogen-bond donors (Lipinski definition) is 0. The van der Waals surface area contributed by atoms with Crippen molar-refractivity contribution in [3.05, 3.63) is 138 Å². The molecule has 2 heterocycles. The topological polar surface area (TPSA) is 14.2 Å². The molecule has 0 fully saturated rings. The van der Waals surface area contributed by atoms with Gasteiger partial charge in [-0.05, 0) is 58.8 Å². The van der Waals surface area contributed by atoms with Gasteiger partial charge in [-0.3, -0.25) is 0 Å². The third-order valence-corrected chi connectivity index (χ3v) is 6.31. The molecule has 39 heavy (non-hydrogen) atoms. The van der Waals surface area contributed by atoms with Gasteiger partial charge in [0, 0.05) is 46.6 Å². The highest BCUT2D eigenvalue weighted by molar-refractivity contribution is 6.19. The third-order valence-electron chi connectivity index (χ3n) is 6.31. The Morgan fingerprint density at radius 3 is 2.26 bits per heavy atom. The molecule has 0 bridgehead atoms. The molecule has 2 heteroatoms. The lowest BCUT2D eigenvalue weighted by Gasteiger charge is -2.34. The minimum atomic E-state index is -3.91. The first-order valence-electron chi connectivity index (χ1n) is 24.8. The van der Waals surface area contributed by atoms with Crippen LogP contribution in [0.3, 0.4) is 0 Å². The van der Waals surface area contributed by atoms with Gasteiger partial charge in [0.1, 0.15) is 11.5 Å². The second-order valence-electron chi connectivity index (χ2n) is 8.52. The second-order valence-corrected chi connectivity index (χ2v) is 8.52. The summed E-state index contributed by atoms with van der Waals surface area (Å²) in [5.41, 5.74) is -10.2. The molecule has 0 unspecified atom stereocenters. The quantitative estimate of drug-likeness (QED) is 0.218. The third kappa shape index (κ3) is 3.21. The summed E-state index contributed by atoms with van der Waals surface area (Å²) in [4.78, 5) is 0. The van der Waals surface area contributed by atoms with Gasteiger partial charge in [0.05, 0.1) is 39.8 Å². The molecule has 1 aliphatic heterocycles. The predicted octanol–water partition coefficient (Wildman–Crippen LogP) is 10.0. The van der Waals surface area contributed by atoms with Crippen molar-refractivity contribution in [2.45, 2.75) is 19.1 Å². The average Bonchev–Trinajstić information content (AvgIpc) is 3.59. The Morgan fingerprint density at radius 1 is 0.615 bits per heavy atom. The summed E-state index contributed by atoms with van der Waals surface area (Å²) in [6, 6.07) is -21.2. The summed E-state index contributed by atoms with van der Waals surface area (Å²) in [6.07, 6.45) is 0. The maximum atomic E-state index is 9.73. The molecule has 0 aliphatic carbocycles. The van der Waals surface area contributed by atoms with Crippen LogP contribution in [0.4, 0.5) is 0 Å². The Labute approximate surface area is 265 Å². The van der Waals surface area contributed by atoms with Gasteiger partial charge in [0.15, 0.2) is 0 Å². The first kappa shape index (κ1) is 8.09. The highest BCUT2D eigenvalue weighted by Crippen LogP contribution is 2.49. The Balaban J connectivity index is 1.68. The molecule has 0 atom stereocenters. The van der Waals surface area contributed by atoms with Gasteiger partial charge in [-0.1, -0.05) is 98.3 Å². The molecular weight excluding hydrogens is 474 g/mol. The standard InChI is InChI=1S/C37H27NO/c1-37(2)31-14-8-9-15-34(31)39-35-21-18-26(23-32(35)37)25-17-20-33-30(22-25)29-19-16-24-10-6-7-13-28(24)36(29)38(33)27-11-4-3-5-12-27/h3-23H,1-2H3/i1D3,2D3,3D,4D,5D,6D,7D,8D,9D,10D,11D,12D,13D,14D,15D,16D,17D,18D,19D,20D,21D,22D,23D. The summed E-state index contributed by atoms with van der Waals surface area (Å²) in [5.74, 6) is -2.13. The average molecular weight is 529 g/mol. The first-order valence-corrected chi connectivity index (χ1v) is 11.3. The lowest BCUT2D eigenvalue weighted by atomic mass is 9.75. The van der Waals surface area contributed by atoms with Gasteiger partial charge in [-0.2, -0.15) is 0 Å². The molecular formula is C37H27NO. The SMILES string of the molecule is [2H]c1c([2H])c([2H])c(-n2c3c([2H])c([2H])c(-c4c([2H])c([2H])c5c(c4[2H])C(C([2H])([2H])[2H])(C([2H])([2H])[2H])c4c([2H])c([2H])c([2H])c([2H])c4O5)c([2H])c3c3c([2H])c([2H])c4c([2H])c([2H])c([2H])c([2H])c4c32)c([2H])c1[2H]. The molecule has 2 nitrogen and oxygen atoms in total. The van der Waals surface area contributed by atoms with Crippen molar-refractivity contribution in [2.75, 3.05) is 0 Å². The summed E-state index contributed by atoms with van der Waals surface area (Å²) in [6.45, 7) is -7.82. The lowest BCUT2D eigenvalue weighted by molar-refractivity contribution is 0.418. The fourth-order valence-electron chi connectivity index (χ4n) is 4.59. The van der Waals surface area contributed by atoms with Crippen LogP contribution < -0.4 is 4.74 Å². The van der Waals surface area contributed by atoms with Gasteiger partial charge in [-0.25, -0.2) is 0 Å². The lowest BCUT2D eigenvalue weighted by Crippen LogP contribution is -2.24. The van der Waals surface area contributed by atoms with E-state index in [9.17, 15) is 8.22 Å². The van der Waals surface area contributed by atoms with Crippen molar-refractivity contribution in [3.8, 4) is 28.3 Å². The van der Waals surface area contributed by atoms with E-state index in [0.29, 0.717) is 0 Å². The van der Waals surface area contributed by atoms with Crippen LogP contribution in [0.2, 0.25) is 0 Å². The Hall–Kier alpha value is -4.82. The minimum absolute atomic E-state index is 0.586. The van der Waals surface area contributed by atoms with E-state index in [1.807, 2.05) is 0 Å². The molecule has 0 spiro atoms. The molecule has 0 saturated carbocycles. The van der Waals surface area contributed by atoms with Crippen molar-refractivity contribution in [2.24, 2.45) is 0 Å². The Bertz CT molecular complexity index is 3390. The summed E-state index contributed by atoms with van der Waals surface area (Å²) in [5, 5.41) is -2.51. The van der Waals surface area contributed by atoms with Crippen molar-refractivity contribution < 1.29 is 41.7 Å². The van der Waals surface area contributed by atoms with E-state index in [1.54, 1.807) is 0 Å². The van der Waals surface area contributed by atoms with Gasteiger partial charge < -0.3 is 9.30 Å². The van der Waals surface area contributed by atoms with E-state index in [0.717, 1.165) is 4.57 Å². The predicted molar refractivity (Wildman–Crippen MR) is 162 cm³/mol. The summed E-state index contributed by atoms with van der Waals surface area (Å²) < 4.78 is 245. The largest absolute Gasteiger partial charge is 0.457 e. The smallest absolute Gasteiger partial charge is 0.131 e. The van der Waals surface area contributed by atoms with Crippen LogP contribution in [0.15, 0.2) is 127 Å². The van der Waals surface area contributed by atoms with Crippen molar-refractivity contribution in [1.82, 2.24) is 4.57 Å². The van der Waals surface area contributed by atoms with E-state index in [1.165, 1.54) is 0 Å². The number of benzene rings is 6. The van der Waals surface area contributed by atoms with E-state index >= 15 is 0 Å². The van der Waals surface area contributed by atoms with Crippen LogP contribution in [-0.2, 0) is 5.41 Å². The number of aromatic nitrogens is 1. The molecule has 8 rings (SSSR count). The molecule has 1 aliphatic rings. The fourth-order valence-corrected chi connectivity index (χ4v) is 4.59. The van der Waals surface area contributed by atoms with E-state index < -0.39 is 218 Å². The maximum absolute atomic E-state index is 9.73. The number of hydrogen-bond acceptors (Lipinski definition) is 1. The minimum Gasteiger partial charge on any atom is -0.457 e. The van der Waals surface area contributed by atoms with E-state index in [-0.39, 0.29) is 0 Å². The summed E-state index contributed by atoms with van der Waals surface area (Å²) in [7, 11) is 0. The molecule has 0 radical (unpaired) electrons. The summed E-state index contributed by atoms with van der Waals surface area (Å²) >= 11 is 0. The molecule has 1 aromatic heterocycles. The maximum Gasteiger partial charge on any atom is 0.131 e. The monoisotopic (exact) mass is 528 g/mol. The number of rotatable bonds is 2. The first-order chi connectivity index (χ1) is 30.4. The molecule has 7 aromatic rings. The Morgan fingerprint density at radius 2 is 1.36 bits per heavy atom. The van der Waals surface area contributed by atoms with Gasteiger partial charge in [-0.15, -0.1) is 0 Å². The van der Waals surface area contributed by atoms with Gasteiger partial charge >= 0.3 is 0 Å². The zero-order chi connectivity index (χ0) is 49.4. The zero-order valence-corrected chi connectivity index (χ0v) is 19.4. The highest BCUT2D eigenvalue weighted by atomic mass is 16.5. The second kappa shape index (κ2) is 8.09. The van der Waals surface area contributed by atoms with E-state index in [4.69, 9.17) is 33.5 Å². The van der Waals surface area contributed by atoms with Crippen LogP contribution in [0.1, 0.15) is 61.8 Å². The van der Waals surface area contributed by atoms with Crippen molar-refractivity contribution in [3.63, 3.8) is 0 Å². The molecule has 0 N–H and O–H groups in total. The van der Waals surface area contributed by atoms with Crippen LogP contribution in [0, 0.1) is 0 Å². The fraction of sp³-hybridized carbons (Fsp3) is 0.0811. The molecule has 0 amide bonds. The van der Waals surface area contributed by atoms with Crippen LogP contribution in [0.5, 0.6) is 11.5 Å². The number of fused-ring (bicyclic) bond motifs is 7. The Kier molecular flexibility index (Phi) is 1.68. The number of nitrogens with zero attached hydrogens (tertiary/aromatic N) is 1.